The van der Waals surface area contributed by atoms with E-state index in [0.29, 0.717) is 0 Å². The molecule has 8 heavy (non-hydrogen) atoms. The first-order valence-electron chi connectivity index (χ1n) is 2.43. The third-order valence-corrected chi connectivity index (χ3v) is 1.62. The molecule has 1 radical (unpaired) electrons. The maximum absolute atomic E-state index is 10.3. The van der Waals surface area contributed by atoms with Crippen LogP contribution in [-0.2, 0) is 10.0 Å². The van der Waals surface area contributed by atoms with E-state index in [0.717, 1.165) is 12.8 Å². The summed E-state index contributed by atoms with van der Waals surface area (Å²) in [4.78, 5) is 0. The molecule has 0 heterocycles. The van der Waals surface area contributed by atoms with Crippen molar-refractivity contribution in [1.29, 1.82) is 0 Å². The third-order valence-electron chi connectivity index (χ3n) is 0.924. The summed E-state index contributed by atoms with van der Waals surface area (Å²) in [6.07, 6.45) is 4.85. The lowest BCUT2D eigenvalue weighted by molar-refractivity contribution is 0.590. The normalized spacial score (nSPS) is 21.1. The van der Waals surface area contributed by atoms with Gasteiger partial charge in [0.05, 0.1) is 6.26 Å². The van der Waals surface area contributed by atoms with Gasteiger partial charge in [0.2, 0.25) is 10.0 Å². The largest absolute Gasteiger partial charge is 0.212 e. The molecule has 1 rings (SSSR count). The number of nitrogens with one attached hydrogen (secondary N) is 1. The van der Waals surface area contributed by atoms with Gasteiger partial charge in [0.25, 0.3) is 0 Å². The maximum Gasteiger partial charge on any atom is 0.212 e. The first-order chi connectivity index (χ1) is 3.58. The maximum atomic E-state index is 10.3. The molecule has 0 unspecified atom stereocenters. The van der Waals surface area contributed by atoms with Gasteiger partial charge in [0.15, 0.2) is 0 Å². The fraction of sp³-hybridized carbons (Fsp3) is 0.750. The molecule has 1 saturated carbocycles. The molecule has 0 aromatic rings. The van der Waals surface area contributed by atoms with Crippen molar-refractivity contribution in [2.24, 2.45) is 0 Å². The lowest BCUT2D eigenvalue weighted by Gasteiger charge is -1.93. The summed E-state index contributed by atoms with van der Waals surface area (Å²) < 4.78 is 22.9. The Balaban J connectivity index is 2.38. The molecule has 0 spiro atoms. The highest BCUT2D eigenvalue weighted by Crippen LogP contribution is 2.19. The Morgan fingerprint density at radius 3 is 2.12 bits per heavy atom. The zero-order chi connectivity index (χ0) is 6.20. The first-order valence-corrected chi connectivity index (χ1v) is 4.08. The monoisotopic (exact) mass is 134 g/mol. The van der Waals surface area contributed by atoms with Crippen molar-refractivity contribution >= 4 is 10.0 Å². The predicted molar refractivity (Wildman–Crippen MR) is 30.4 cm³/mol. The number of hydrogen-bond acceptors (Lipinski definition) is 2. The van der Waals surface area contributed by atoms with Crippen LogP contribution in [0, 0.1) is 6.26 Å². The minimum Gasteiger partial charge on any atom is -0.212 e. The second-order valence-electron chi connectivity index (χ2n) is 2.01. The van der Waals surface area contributed by atoms with Gasteiger partial charge in [-0.1, -0.05) is 0 Å². The molecule has 0 atom stereocenters. The lowest BCUT2D eigenvalue weighted by Crippen LogP contribution is -2.22. The minimum absolute atomic E-state index is 0.192. The summed E-state index contributed by atoms with van der Waals surface area (Å²) in [5, 5.41) is 0. The zero-order valence-electron chi connectivity index (χ0n) is 4.42. The lowest BCUT2D eigenvalue weighted by atomic mass is 10.8. The summed E-state index contributed by atoms with van der Waals surface area (Å²) in [6, 6.07) is 0.192. The van der Waals surface area contributed by atoms with Crippen LogP contribution in [0.1, 0.15) is 12.8 Å². The van der Waals surface area contributed by atoms with Crippen molar-refractivity contribution in [2.45, 2.75) is 18.9 Å². The summed E-state index contributed by atoms with van der Waals surface area (Å²) in [5.41, 5.74) is 0. The zero-order valence-corrected chi connectivity index (χ0v) is 5.24. The van der Waals surface area contributed by atoms with E-state index in [4.69, 9.17) is 0 Å². The molecule has 3 nitrogen and oxygen atoms in total. The van der Waals surface area contributed by atoms with Crippen LogP contribution in [-0.4, -0.2) is 14.5 Å². The number of rotatable bonds is 2. The van der Waals surface area contributed by atoms with E-state index in [2.05, 4.69) is 11.0 Å². The molecule has 0 amide bonds. The molecular formula is C4H8NO2S. The molecule has 1 aliphatic carbocycles. The minimum atomic E-state index is -3.16. The molecule has 0 aromatic heterocycles. The molecule has 0 bridgehead atoms. The Morgan fingerprint density at radius 1 is 1.50 bits per heavy atom. The van der Waals surface area contributed by atoms with Crippen LogP contribution in [0.25, 0.3) is 0 Å². The van der Waals surface area contributed by atoms with E-state index in [1.807, 2.05) is 0 Å². The summed E-state index contributed by atoms with van der Waals surface area (Å²) in [7, 11) is -3.16. The van der Waals surface area contributed by atoms with Gasteiger partial charge in [0.1, 0.15) is 0 Å². The van der Waals surface area contributed by atoms with Crippen molar-refractivity contribution < 1.29 is 8.42 Å². The van der Waals surface area contributed by atoms with Crippen LogP contribution in [0.15, 0.2) is 0 Å². The molecule has 0 aliphatic heterocycles. The van der Waals surface area contributed by atoms with Crippen molar-refractivity contribution in [2.75, 3.05) is 0 Å². The Hall–Kier alpha value is -0.0900. The van der Waals surface area contributed by atoms with Gasteiger partial charge in [-0.3, -0.25) is 0 Å². The Labute approximate surface area is 49.1 Å². The highest BCUT2D eigenvalue weighted by Gasteiger charge is 2.24. The van der Waals surface area contributed by atoms with Crippen molar-refractivity contribution in [3.63, 3.8) is 0 Å². The highest BCUT2D eigenvalue weighted by atomic mass is 32.2. The fourth-order valence-electron chi connectivity index (χ4n) is 0.455. The van der Waals surface area contributed by atoms with Gasteiger partial charge < -0.3 is 0 Å². The van der Waals surface area contributed by atoms with E-state index in [-0.39, 0.29) is 6.04 Å². The second-order valence-corrected chi connectivity index (χ2v) is 3.47. The van der Waals surface area contributed by atoms with E-state index in [1.54, 1.807) is 0 Å². The van der Waals surface area contributed by atoms with E-state index >= 15 is 0 Å². The van der Waals surface area contributed by atoms with Gasteiger partial charge in [-0.15, -0.1) is 0 Å². The van der Waals surface area contributed by atoms with Gasteiger partial charge >= 0.3 is 0 Å². The SMILES string of the molecule is [CH2]S(=O)(=O)NC1CC1. The van der Waals surface area contributed by atoms with Crippen LogP contribution >= 0.6 is 0 Å². The van der Waals surface area contributed by atoms with Gasteiger partial charge in [0, 0.05) is 6.04 Å². The van der Waals surface area contributed by atoms with Crippen molar-refractivity contribution in [3.05, 3.63) is 6.26 Å². The van der Waals surface area contributed by atoms with E-state index in [1.165, 1.54) is 0 Å². The molecule has 47 valence electrons. The first kappa shape index (κ1) is 6.04. The van der Waals surface area contributed by atoms with Crippen LogP contribution in [0.4, 0.5) is 0 Å². The van der Waals surface area contributed by atoms with Crippen molar-refractivity contribution in [1.82, 2.24) is 4.72 Å². The standard InChI is InChI=1S/C4H8NO2S/c1-8(6,7)5-4-2-3-4/h4-5H,1-3H2. The Bertz CT molecular complexity index is 168. The topological polar surface area (TPSA) is 46.2 Å². The molecule has 1 N–H and O–H groups in total. The predicted octanol–water partition coefficient (Wildman–Crippen LogP) is -0.140. The van der Waals surface area contributed by atoms with Crippen LogP contribution in [0.5, 0.6) is 0 Å². The van der Waals surface area contributed by atoms with Crippen LogP contribution in [0.2, 0.25) is 0 Å². The second kappa shape index (κ2) is 1.70. The summed E-state index contributed by atoms with van der Waals surface area (Å²) >= 11 is 0. The molecule has 0 aromatic carbocycles. The van der Waals surface area contributed by atoms with E-state index < -0.39 is 10.0 Å². The van der Waals surface area contributed by atoms with Gasteiger partial charge in [-0.05, 0) is 12.8 Å². The van der Waals surface area contributed by atoms with Crippen molar-refractivity contribution in [3.8, 4) is 0 Å². The smallest absolute Gasteiger partial charge is 0.212 e. The Morgan fingerprint density at radius 2 is 2.00 bits per heavy atom. The van der Waals surface area contributed by atoms with Gasteiger partial charge in [-0.25, -0.2) is 13.1 Å². The van der Waals surface area contributed by atoms with Crippen LogP contribution in [0.3, 0.4) is 0 Å². The van der Waals surface area contributed by atoms with Crippen LogP contribution < -0.4 is 4.72 Å². The fourth-order valence-corrected chi connectivity index (χ4v) is 1.20. The summed E-state index contributed by atoms with van der Waals surface area (Å²) in [6.45, 7) is 0. The average molecular weight is 134 g/mol. The Kier molecular flexibility index (Phi) is 1.28. The van der Waals surface area contributed by atoms with Gasteiger partial charge in [-0.2, -0.15) is 0 Å². The number of sulfonamides is 1. The molecule has 0 saturated heterocycles. The molecule has 1 aliphatic rings. The summed E-state index contributed by atoms with van der Waals surface area (Å²) in [5.74, 6) is 0. The molecule has 1 fully saturated rings. The average Bonchev–Trinajstić information content (AvgIpc) is 2.12. The molecular weight excluding hydrogens is 126 g/mol. The highest BCUT2D eigenvalue weighted by molar-refractivity contribution is 7.90. The third kappa shape index (κ3) is 2.28. The molecule has 4 heteroatoms. The number of hydrogen-bond donors (Lipinski definition) is 1. The van der Waals surface area contributed by atoms with E-state index in [9.17, 15) is 8.42 Å². The quantitative estimate of drug-likeness (QED) is 0.571.